The number of carbonyl (C=O) groups excluding carboxylic acids is 2. The van der Waals surface area contributed by atoms with Gasteiger partial charge in [-0.05, 0) is 73.4 Å². The van der Waals surface area contributed by atoms with E-state index in [9.17, 15) is 14.9 Å². The van der Waals surface area contributed by atoms with E-state index in [1.54, 1.807) is 17.7 Å². The van der Waals surface area contributed by atoms with Crippen LogP contribution in [0.3, 0.4) is 0 Å². The topological polar surface area (TPSA) is 97.5 Å². The van der Waals surface area contributed by atoms with Gasteiger partial charge in [-0.3, -0.25) is 14.5 Å². The number of hydrogen-bond acceptors (Lipinski definition) is 6. The van der Waals surface area contributed by atoms with Crippen LogP contribution in [0.25, 0.3) is 23.0 Å². The first kappa shape index (κ1) is 29.1. The van der Waals surface area contributed by atoms with E-state index >= 15 is 0 Å². The Balaban J connectivity index is 1.40. The molecule has 0 N–H and O–H groups in total. The highest BCUT2D eigenvalue weighted by molar-refractivity contribution is 6.30. The highest BCUT2D eigenvalue weighted by Crippen LogP contribution is 2.33. The number of nitriles is 1. The Kier molecular flexibility index (Phi) is 8.42. The largest absolute Gasteiger partial charge is 0.489 e. The van der Waals surface area contributed by atoms with Gasteiger partial charge in [0.1, 0.15) is 29.7 Å². The van der Waals surface area contributed by atoms with Crippen LogP contribution in [0.4, 0.5) is 0 Å². The number of carbonyl (C=O) groups is 2. The average Bonchev–Trinajstić information content (AvgIpc) is 3.72. The Hall–Kier alpha value is -4.97. The minimum absolute atomic E-state index is 0.0524. The van der Waals surface area contributed by atoms with Crippen LogP contribution < -0.4 is 4.74 Å². The Morgan fingerprint density at radius 1 is 1.07 bits per heavy atom. The molecule has 220 valence electrons. The summed E-state index contributed by atoms with van der Waals surface area (Å²) < 4.78 is 13.5. The zero-order valence-corrected chi connectivity index (χ0v) is 24.8. The van der Waals surface area contributed by atoms with Gasteiger partial charge in [0, 0.05) is 34.5 Å². The zero-order chi connectivity index (χ0) is 30.6. The van der Waals surface area contributed by atoms with E-state index < -0.39 is 11.8 Å². The van der Waals surface area contributed by atoms with E-state index in [2.05, 4.69) is 0 Å². The van der Waals surface area contributed by atoms with E-state index in [1.165, 1.54) is 0 Å². The van der Waals surface area contributed by atoms with Crippen LogP contribution in [0, 0.1) is 11.3 Å². The Morgan fingerprint density at radius 3 is 2.59 bits per heavy atom. The van der Waals surface area contributed by atoms with Gasteiger partial charge in [0.05, 0.1) is 18.3 Å². The number of nitrogens with zero attached hydrogens (tertiary/aromatic N) is 4. The van der Waals surface area contributed by atoms with E-state index in [4.69, 9.17) is 26.2 Å². The van der Waals surface area contributed by atoms with Crippen LogP contribution in [0.5, 0.6) is 5.75 Å². The third-order valence-electron chi connectivity index (χ3n) is 7.72. The molecule has 2 aliphatic heterocycles. The molecule has 1 aromatic heterocycles. The van der Waals surface area contributed by atoms with Crippen LogP contribution in [0.15, 0.2) is 102 Å². The molecule has 9 heteroatoms. The second-order valence-corrected chi connectivity index (χ2v) is 11.1. The van der Waals surface area contributed by atoms with Crippen molar-refractivity contribution >= 4 is 29.5 Å². The molecule has 0 spiro atoms. The SMILES string of the molecule is CC1=C(C#N)C(=O)N(CC2CCCO2)C(=O)/C1=C/c1cn(-c2ccccc2)nc1-c1cccc(OCc2ccc(Cl)cc2)c1. The van der Waals surface area contributed by atoms with Gasteiger partial charge in [0.15, 0.2) is 0 Å². The zero-order valence-electron chi connectivity index (χ0n) is 24.1. The molecule has 0 aliphatic carbocycles. The summed E-state index contributed by atoms with van der Waals surface area (Å²) in [4.78, 5) is 28.1. The predicted octanol–water partition coefficient (Wildman–Crippen LogP) is 6.54. The smallest absolute Gasteiger partial charge is 0.271 e. The number of amides is 2. The first-order chi connectivity index (χ1) is 21.4. The van der Waals surface area contributed by atoms with Crippen LogP contribution in [0.1, 0.15) is 30.9 Å². The first-order valence-electron chi connectivity index (χ1n) is 14.3. The maximum atomic E-state index is 13.8. The minimum Gasteiger partial charge on any atom is -0.489 e. The second-order valence-electron chi connectivity index (χ2n) is 10.7. The quantitative estimate of drug-likeness (QED) is 0.167. The van der Waals surface area contributed by atoms with Crippen LogP contribution >= 0.6 is 11.6 Å². The number of rotatable bonds is 8. The van der Waals surface area contributed by atoms with Crippen molar-refractivity contribution in [3.05, 3.63) is 118 Å². The summed E-state index contributed by atoms with van der Waals surface area (Å²) in [6, 6.07) is 26.7. The van der Waals surface area contributed by atoms with Crippen molar-refractivity contribution in [3.63, 3.8) is 0 Å². The summed E-state index contributed by atoms with van der Waals surface area (Å²) >= 11 is 6.02. The van der Waals surface area contributed by atoms with Crippen molar-refractivity contribution in [1.29, 1.82) is 5.26 Å². The summed E-state index contributed by atoms with van der Waals surface area (Å²) in [6.07, 6.45) is 4.94. The van der Waals surface area contributed by atoms with Gasteiger partial charge in [-0.1, -0.05) is 54.1 Å². The molecule has 1 atom stereocenters. The molecule has 0 bridgehead atoms. The summed E-state index contributed by atoms with van der Waals surface area (Å²) in [5.41, 5.74) is 4.40. The summed E-state index contributed by atoms with van der Waals surface area (Å²) in [5, 5.41) is 15.4. The Bertz CT molecular complexity index is 1810. The molecule has 6 rings (SSSR count). The lowest BCUT2D eigenvalue weighted by molar-refractivity contribution is -0.142. The Morgan fingerprint density at radius 2 is 1.86 bits per heavy atom. The van der Waals surface area contributed by atoms with Crippen LogP contribution in [-0.4, -0.2) is 45.8 Å². The van der Waals surface area contributed by atoms with Crippen molar-refractivity contribution in [2.45, 2.75) is 32.5 Å². The normalized spacial score (nSPS) is 17.8. The van der Waals surface area contributed by atoms with E-state index in [1.807, 2.05) is 91.1 Å². The van der Waals surface area contributed by atoms with Gasteiger partial charge in [-0.2, -0.15) is 10.4 Å². The summed E-state index contributed by atoms with van der Waals surface area (Å²) in [7, 11) is 0. The maximum Gasteiger partial charge on any atom is 0.271 e. The summed E-state index contributed by atoms with van der Waals surface area (Å²) in [6.45, 7) is 2.70. The highest BCUT2D eigenvalue weighted by Gasteiger charge is 2.37. The fourth-order valence-corrected chi connectivity index (χ4v) is 5.48. The molecule has 0 radical (unpaired) electrons. The van der Waals surface area contributed by atoms with Crippen molar-refractivity contribution < 1.29 is 19.1 Å². The molecule has 0 saturated carbocycles. The highest BCUT2D eigenvalue weighted by atomic mass is 35.5. The molecule has 1 saturated heterocycles. The second kappa shape index (κ2) is 12.7. The number of hydrogen-bond donors (Lipinski definition) is 0. The third-order valence-corrected chi connectivity index (χ3v) is 7.98. The van der Waals surface area contributed by atoms with Crippen molar-refractivity contribution in [1.82, 2.24) is 14.7 Å². The van der Waals surface area contributed by atoms with Gasteiger partial charge in [0.25, 0.3) is 11.8 Å². The molecular formula is C35H29ClN4O4. The molecule has 4 aromatic rings. The first-order valence-corrected chi connectivity index (χ1v) is 14.7. The fraction of sp³-hybridized carbons (Fsp3) is 0.200. The molecule has 1 unspecified atom stereocenters. The van der Waals surface area contributed by atoms with Gasteiger partial charge in [0.2, 0.25) is 0 Å². The lowest BCUT2D eigenvalue weighted by Crippen LogP contribution is -2.46. The van der Waals surface area contributed by atoms with Crippen molar-refractivity contribution in [3.8, 4) is 28.8 Å². The molecule has 44 heavy (non-hydrogen) atoms. The predicted molar refractivity (Wildman–Crippen MR) is 167 cm³/mol. The molecule has 8 nitrogen and oxygen atoms in total. The number of benzene rings is 3. The molecule has 2 amide bonds. The molecule has 3 aromatic carbocycles. The molecule has 1 fully saturated rings. The standard InChI is InChI=1S/C35H29ClN4O4/c1-23-31(34(41)39(35(42)32(23)19-37)21-30-11-6-16-43-30)18-26-20-40(28-8-3-2-4-9-28)38-33(26)25-7-5-10-29(17-25)44-22-24-12-14-27(36)15-13-24/h2-5,7-10,12-15,17-18,20,30H,6,11,16,21-22H2,1H3/b31-18+. The number of para-hydroxylation sites is 1. The van der Waals surface area contributed by atoms with Crippen LogP contribution in [0.2, 0.25) is 5.02 Å². The fourth-order valence-electron chi connectivity index (χ4n) is 5.35. The van der Waals surface area contributed by atoms with Gasteiger partial charge in [-0.25, -0.2) is 4.68 Å². The van der Waals surface area contributed by atoms with E-state index in [0.29, 0.717) is 40.8 Å². The van der Waals surface area contributed by atoms with E-state index in [-0.39, 0.29) is 23.8 Å². The molecule has 2 aliphatic rings. The van der Waals surface area contributed by atoms with Crippen LogP contribution in [-0.2, 0) is 20.9 Å². The number of halogens is 1. The summed E-state index contributed by atoms with van der Waals surface area (Å²) in [5.74, 6) is -0.399. The molecule has 3 heterocycles. The average molecular weight is 605 g/mol. The monoisotopic (exact) mass is 604 g/mol. The molecular weight excluding hydrogens is 576 g/mol. The lowest BCUT2D eigenvalue weighted by Gasteiger charge is -2.29. The van der Waals surface area contributed by atoms with Gasteiger partial charge < -0.3 is 9.47 Å². The minimum atomic E-state index is -0.589. The van der Waals surface area contributed by atoms with E-state index in [0.717, 1.165) is 34.6 Å². The van der Waals surface area contributed by atoms with Gasteiger partial charge in [-0.15, -0.1) is 0 Å². The third kappa shape index (κ3) is 6.06. The van der Waals surface area contributed by atoms with Gasteiger partial charge >= 0.3 is 0 Å². The number of aromatic nitrogens is 2. The number of ether oxygens (including phenoxy) is 2. The lowest BCUT2D eigenvalue weighted by atomic mass is 9.93. The Labute approximate surface area is 260 Å². The van der Waals surface area contributed by atoms with Crippen molar-refractivity contribution in [2.24, 2.45) is 0 Å². The van der Waals surface area contributed by atoms with Crippen molar-refractivity contribution in [2.75, 3.05) is 13.2 Å². The maximum absolute atomic E-state index is 13.8. The number of imide groups is 1.